The number of carbonyl (C=O) groups excluding carboxylic acids is 1. The van der Waals surface area contributed by atoms with Crippen molar-refractivity contribution in [3.63, 3.8) is 0 Å². The van der Waals surface area contributed by atoms with E-state index in [9.17, 15) is 4.79 Å². The van der Waals surface area contributed by atoms with Gasteiger partial charge in [0.1, 0.15) is 0 Å². The fraction of sp³-hybridized carbons (Fsp3) is 0.833. The van der Waals surface area contributed by atoms with E-state index in [1.54, 1.807) is 13.8 Å². The van der Waals surface area contributed by atoms with Crippen LogP contribution in [-0.2, 0) is 9.53 Å². The van der Waals surface area contributed by atoms with E-state index >= 15 is 0 Å². The van der Waals surface area contributed by atoms with Gasteiger partial charge in [0.25, 0.3) is 0 Å². The van der Waals surface area contributed by atoms with Gasteiger partial charge >= 0.3 is 5.97 Å². The smallest absolute Gasteiger partial charge is 0.310 e. The van der Waals surface area contributed by atoms with Gasteiger partial charge in [0, 0.05) is 0 Å². The van der Waals surface area contributed by atoms with Crippen molar-refractivity contribution in [1.29, 1.82) is 0 Å². The minimum Gasteiger partial charge on any atom is -0.436 e. The summed E-state index contributed by atoms with van der Waals surface area (Å²) in [5.74, 6) is -0.537. The summed E-state index contributed by atoms with van der Waals surface area (Å²) in [6.07, 6.45) is -0.986. The number of carbonyl (C=O) groups is 1. The first-order valence-electron chi connectivity index (χ1n) is 2.92. The van der Waals surface area contributed by atoms with Crippen molar-refractivity contribution in [2.45, 2.75) is 27.1 Å². The molecule has 0 aromatic rings. The Morgan fingerprint density at radius 2 is 1.89 bits per heavy atom. The second-order valence-corrected chi connectivity index (χ2v) is 2.19. The number of aliphatic hydroxyl groups is 1. The third-order valence-corrected chi connectivity index (χ3v) is 0.758. The molecule has 0 aromatic heterocycles. The van der Waals surface area contributed by atoms with E-state index in [4.69, 9.17) is 5.11 Å². The number of esters is 1. The maximum atomic E-state index is 10.6. The van der Waals surface area contributed by atoms with Crippen LogP contribution in [-0.4, -0.2) is 17.4 Å². The summed E-state index contributed by atoms with van der Waals surface area (Å²) in [5.41, 5.74) is 0. The molecule has 0 aliphatic carbocycles. The Balaban J connectivity index is 3.51. The van der Waals surface area contributed by atoms with E-state index in [1.165, 1.54) is 6.92 Å². The highest BCUT2D eigenvalue weighted by molar-refractivity contribution is 5.71. The average molecular weight is 132 g/mol. The molecule has 0 radical (unpaired) electrons. The van der Waals surface area contributed by atoms with Crippen molar-refractivity contribution in [2.24, 2.45) is 5.92 Å². The zero-order valence-electron chi connectivity index (χ0n) is 5.92. The maximum Gasteiger partial charge on any atom is 0.310 e. The summed E-state index contributed by atoms with van der Waals surface area (Å²) >= 11 is 0. The summed E-state index contributed by atoms with van der Waals surface area (Å²) in [4.78, 5) is 10.6. The first-order chi connectivity index (χ1) is 4.04. The number of hydrogen-bond donors (Lipinski definition) is 1. The molecule has 0 rings (SSSR count). The summed E-state index contributed by atoms with van der Waals surface area (Å²) in [6, 6.07) is 0. The minimum atomic E-state index is -0.986. The molecular formula is C6H12O3. The van der Waals surface area contributed by atoms with Crippen LogP contribution < -0.4 is 0 Å². The SMILES string of the molecule is CC(C)C(=O)O[C@@H](C)O. The predicted octanol–water partition coefficient (Wildman–Crippen LogP) is 0.524. The van der Waals surface area contributed by atoms with Crippen LogP contribution in [0.1, 0.15) is 20.8 Å². The van der Waals surface area contributed by atoms with Gasteiger partial charge in [-0.25, -0.2) is 0 Å². The van der Waals surface area contributed by atoms with Crippen LogP contribution in [0.2, 0.25) is 0 Å². The van der Waals surface area contributed by atoms with E-state index in [0.29, 0.717) is 0 Å². The molecule has 1 atom stereocenters. The van der Waals surface area contributed by atoms with Gasteiger partial charge in [0.2, 0.25) is 0 Å². The molecule has 3 nitrogen and oxygen atoms in total. The number of aliphatic hydroxyl groups excluding tert-OH is 1. The van der Waals surface area contributed by atoms with Gasteiger partial charge in [-0.1, -0.05) is 13.8 Å². The van der Waals surface area contributed by atoms with Gasteiger partial charge in [-0.15, -0.1) is 0 Å². The third kappa shape index (κ3) is 3.97. The first-order valence-corrected chi connectivity index (χ1v) is 2.92. The molecular weight excluding hydrogens is 120 g/mol. The van der Waals surface area contributed by atoms with Crippen molar-refractivity contribution >= 4 is 5.97 Å². The molecule has 0 saturated carbocycles. The minimum absolute atomic E-state index is 0.167. The van der Waals surface area contributed by atoms with Crippen molar-refractivity contribution in [3.8, 4) is 0 Å². The highest BCUT2D eigenvalue weighted by atomic mass is 16.6. The molecule has 3 heteroatoms. The van der Waals surface area contributed by atoms with Crippen molar-refractivity contribution < 1.29 is 14.6 Å². The normalized spacial score (nSPS) is 13.4. The molecule has 0 spiro atoms. The van der Waals surface area contributed by atoms with Crippen molar-refractivity contribution in [1.82, 2.24) is 0 Å². The lowest BCUT2D eigenvalue weighted by Gasteiger charge is -2.07. The molecule has 0 unspecified atom stereocenters. The Labute approximate surface area is 54.6 Å². The summed E-state index contributed by atoms with van der Waals surface area (Å²) in [5, 5.41) is 8.53. The van der Waals surface area contributed by atoms with Crippen molar-refractivity contribution in [3.05, 3.63) is 0 Å². The average Bonchev–Trinajstić information content (AvgIpc) is 1.63. The van der Waals surface area contributed by atoms with Crippen LogP contribution in [0.25, 0.3) is 0 Å². The molecule has 0 bridgehead atoms. The van der Waals surface area contributed by atoms with E-state index in [2.05, 4.69) is 4.74 Å². The van der Waals surface area contributed by atoms with Crippen LogP contribution >= 0.6 is 0 Å². The molecule has 9 heavy (non-hydrogen) atoms. The Bertz CT molecular complexity index is 96.5. The summed E-state index contributed by atoms with van der Waals surface area (Å²) in [6.45, 7) is 4.83. The Morgan fingerprint density at radius 3 is 2.00 bits per heavy atom. The highest BCUT2D eigenvalue weighted by Gasteiger charge is 2.09. The van der Waals surface area contributed by atoms with Gasteiger partial charge < -0.3 is 9.84 Å². The molecule has 0 aliphatic rings. The van der Waals surface area contributed by atoms with Crippen LogP contribution in [0.15, 0.2) is 0 Å². The molecule has 54 valence electrons. The molecule has 0 fully saturated rings. The predicted molar refractivity (Wildman–Crippen MR) is 32.6 cm³/mol. The van der Waals surface area contributed by atoms with Gasteiger partial charge in [-0.3, -0.25) is 4.79 Å². The third-order valence-electron chi connectivity index (χ3n) is 0.758. The first kappa shape index (κ1) is 8.43. The van der Waals surface area contributed by atoms with E-state index in [0.717, 1.165) is 0 Å². The van der Waals surface area contributed by atoms with E-state index < -0.39 is 6.29 Å². The number of ether oxygens (including phenoxy) is 1. The van der Waals surface area contributed by atoms with Gasteiger partial charge in [0.15, 0.2) is 6.29 Å². The monoisotopic (exact) mass is 132 g/mol. The molecule has 0 aliphatic heterocycles. The standard InChI is InChI=1S/C6H12O3/c1-4(2)6(8)9-5(3)7/h4-5,7H,1-3H3/t5-/m0/s1. The molecule has 0 amide bonds. The van der Waals surface area contributed by atoms with Crippen molar-refractivity contribution in [2.75, 3.05) is 0 Å². The fourth-order valence-corrected chi connectivity index (χ4v) is 0.304. The molecule has 0 saturated heterocycles. The summed E-state index contributed by atoms with van der Waals surface area (Å²) < 4.78 is 4.43. The Hall–Kier alpha value is -0.570. The molecule has 0 aromatic carbocycles. The lowest BCUT2D eigenvalue weighted by Crippen LogP contribution is -2.18. The Kier molecular flexibility index (Phi) is 3.24. The molecule has 0 heterocycles. The second kappa shape index (κ2) is 3.45. The van der Waals surface area contributed by atoms with Crippen LogP contribution in [0.4, 0.5) is 0 Å². The Morgan fingerprint density at radius 1 is 1.44 bits per heavy atom. The van der Waals surface area contributed by atoms with Crippen LogP contribution in [0.5, 0.6) is 0 Å². The maximum absolute atomic E-state index is 10.6. The lowest BCUT2D eigenvalue weighted by molar-refractivity contribution is -0.168. The largest absolute Gasteiger partial charge is 0.436 e. The quantitative estimate of drug-likeness (QED) is 0.440. The number of hydrogen-bond acceptors (Lipinski definition) is 3. The molecule has 1 N–H and O–H groups in total. The van der Waals surface area contributed by atoms with Gasteiger partial charge in [-0.05, 0) is 6.92 Å². The van der Waals surface area contributed by atoms with Gasteiger partial charge in [0.05, 0.1) is 5.92 Å². The zero-order chi connectivity index (χ0) is 7.44. The van der Waals surface area contributed by atoms with Gasteiger partial charge in [-0.2, -0.15) is 0 Å². The van der Waals surface area contributed by atoms with Crippen LogP contribution in [0, 0.1) is 5.92 Å². The highest BCUT2D eigenvalue weighted by Crippen LogP contribution is 1.97. The van der Waals surface area contributed by atoms with E-state index in [1.807, 2.05) is 0 Å². The summed E-state index contributed by atoms with van der Waals surface area (Å²) in [7, 11) is 0. The number of rotatable bonds is 2. The fourth-order valence-electron chi connectivity index (χ4n) is 0.304. The van der Waals surface area contributed by atoms with Crippen LogP contribution in [0.3, 0.4) is 0 Å². The zero-order valence-corrected chi connectivity index (χ0v) is 5.92. The second-order valence-electron chi connectivity index (χ2n) is 2.19. The van der Waals surface area contributed by atoms with E-state index in [-0.39, 0.29) is 11.9 Å². The lowest BCUT2D eigenvalue weighted by atomic mass is 10.2. The topological polar surface area (TPSA) is 46.5 Å².